The topological polar surface area (TPSA) is 90.0 Å². The number of hydrogen-bond donors (Lipinski definition) is 0. The Morgan fingerprint density at radius 3 is 2.54 bits per heavy atom. The van der Waals surface area contributed by atoms with Crippen LogP contribution in [0.4, 0.5) is 0 Å². The lowest BCUT2D eigenvalue weighted by Gasteiger charge is -2.28. The molecule has 26 heavy (non-hydrogen) atoms. The third-order valence-electron chi connectivity index (χ3n) is 4.54. The molecule has 3 rings (SSSR count). The molecule has 1 saturated heterocycles. The van der Waals surface area contributed by atoms with Crippen LogP contribution in [-0.4, -0.2) is 62.5 Å². The zero-order valence-corrected chi connectivity index (χ0v) is 15.9. The highest BCUT2D eigenvalue weighted by Gasteiger charge is 2.42. The first-order valence-electron chi connectivity index (χ1n) is 8.33. The van der Waals surface area contributed by atoms with Crippen LogP contribution in [0.1, 0.15) is 29.6 Å². The van der Waals surface area contributed by atoms with Crippen molar-refractivity contribution < 1.29 is 27.5 Å². The molecule has 2 aliphatic rings. The van der Waals surface area contributed by atoms with Crippen LogP contribution in [0.2, 0.25) is 5.02 Å². The lowest BCUT2D eigenvalue weighted by atomic mass is 10.2. The van der Waals surface area contributed by atoms with Crippen LogP contribution in [0.5, 0.6) is 5.75 Å². The first-order chi connectivity index (χ1) is 12.3. The van der Waals surface area contributed by atoms with Gasteiger partial charge in [0.25, 0.3) is 5.91 Å². The van der Waals surface area contributed by atoms with E-state index in [2.05, 4.69) is 0 Å². The van der Waals surface area contributed by atoms with E-state index in [1.807, 2.05) is 0 Å². The maximum absolute atomic E-state index is 12.6. The number of halogens is 1. The number of rotatable bonds is 6. The molecule has 2 fully saturated rings. The molecule has 1 aliphatic carbocycles. The smallest absolute Gasteiger partial charge is 0.342 e. The molecule has 142 valence electrons. The van der Waals surface area contributed by atoms with Gasteiger partial charge in [0.05, 0.1) is 18.6 Å². The Labute approximate surface area is 157 Å². The number of carbonyl (C=O) groups excluding carboxylic acids is 2. The summed E-state index contributed by atoms with van der Waals surface area (Å²) in [6.45, 7) is -0.443. The molecule has 1 amide bonds. The first-order valence-corrected chi connectivity index (χ1v) is 10.5. The van der Waals surface area contributed by atoms with E-state index in [0.29, 0.717) is 17.2 Å². The Bertz CT molecular complexity index is 821. The Morgan fingerprint density at radius 1 is 1.23 bits per heavy atom. The number of ether oxygens (including phenoxy) is 2. The van der Waals surface area contributed by atoms with Gasteiger partial charge in [0.15, 0.2) is 16.4 Å². The van der Waals surface area contributed by atoms with Crippen LogP contribution in [-0.2, 0) is 19.4 Å². The molecule has 1 aliphatic heterocycles. The number of esters is 1. The molecule has 0 spiro atoms. The van der Waals surface area contributed by atoms with Crippen LogP contribution < -0.4 is 4.74 Å². The standard InChI is InChI=1S/C17H20ClNO6S/c1-24-15-5-2-11(18)8-14(15)17(21)25-9-16(20)19(12-3-4-12)13-6-7-26(22,23)10-13/h2,5,8,12-13H,3-4,6-7,9-10H2,1H3/t13-/m1/s1. The van der Waals surface area contributed by atoms with Gasteiger partial charge in [0.1, 0.15) is 11.3 Å². The fourth-order valence-corrected chi connectivity index (χ4v) is 5.06. The molecule has 0 radical (unpaired) electrons. The van der Waals surface area contributed by atoms with Crippen molar-refractivity contribution in [3.05, 3.63) is 28.8 Å². The molecular formula is C17H20ClNO6S. The van der Waals surface area contributed by atoms with Crippen molar-refractivity contribution in [1.82, 2.24) is 4.90 Å². The molecule has 1 saturated carbocycles. The average Bonchev–Trinajstić information content (AvgIpc) is 3.36. The molecular weight excluding hydrogens is 382 g/mol. The monoisotopic (exact) mass is 401 g/mol. The molecule has 9 heteroatoms. The van der Waals surface area contributed by atoms with E-state index < -0.39 is 22.4 Å². The summed E-state index contributed by atoms with van der Waals surface area (Å²) in [6.07, 6.45) is 2.12. The van der Waals surface area contributed by atoms with Crippen molar-refractivity contribution in [2.45, 2.75) is 31.3 Å². The summed E-state index contributed by atoms with van der Waals surface area (Å²) in [5.41, 5.74) is 0.134. The van der Waals surface area contributed by atoms with E-state index in [4.69, 9.17) is 21.1 Å². The second kappa shape index (κ2) is 7.44. The molecule has 0 aromatic heterocycles. The minimum Gasteiger partial charge on any atom is -0.496 e. The molecule has 0 unspecified atom stereocenters. The molecule has 1 heterocycles. The van der Waals surface area contributed by atoms with Crippen LogP contribution >= 0.6 is 11.6 Å². The summed E-state index contributed by atoms with van der Waals surface area (Å²) in [6, 6.07) is 4.24. The van der Waals surface area contributed by atoms with Crippen LogP contribution in [0.3, 0.4) is 0 Å². The van der Waals surface area contributed by atoms with E-state index in [1.54, 1.807) is 17.0 Å². The molecule has 0 N–H and O–H groups in total. The average molecular weight is 402 g/mol. The highest BCUT2D eigenvalue weighted by atomic mass is 35.5. The Morgan fingerprint density at radius 2 is 1.96 bits per heavy atom. The van der Waals surface area contributed by atoms with E-state index in [1.165, 1.54) is 13.2 Å². The molecule has 0 bridgehead atoms. The number of carbonyl (C=O) groups is 2. The van der Waals surface area contributed by atoms with Crippen molar-refractivity contribution >= 4 is 33.3 Å². The fraction of sp³-hybridized carbons (Fsp3) is 0.529. The van der Waals surface area contributed by atoms with Crippen molar-refractivity contribution in [2.75, 3.05) is 25.2 Å². The highest BCUT2D eigenvalue weighted by molar-refractivity contribution is 7.91. The van der Waals surface area contributed by atoms with Crippen LogP contribution in [0.15, 0.2) is 18.2 Å². The number of amides is 1. The summed E-state index contributed by atoms with van der Waals surface area (Å²) < 4.78 is 33.7. The second-order valence-electron chi connectivity index (χ2n) is 6.51. The zero-order valence-electron chi connectivity index (χ0n) is 14.3. The first kappa shape index (κ1) is 19.0. The predicted octanol–water partition coefficient (Wildman–Crippen LogP) is 1.68. The summed E-state index contributed by atoms with van der Waals surface area (Å²) >= 11 is 5.90. The Kier molecular flexibility index (Phi) is 5.43. The number of sulfone groups is 1. The quantitative estimate of drug-likeness (QED) is 0.674. The minimum atomic E-state index is -3.10. The van der Waals surface area contributed by atoms with Gasteiger partial charge < -0.3 is 14.4 Å². The molecule has 7 nitrogen and oxygen atoms in total. The second-order valence-corrected chi connectivity index (χ2v) is 9.17. The lowest BCUT2D eigenvalue weighted by Crippen LogP contribution is -2.44. The van der Waals surface area contributed by atoms with Crippen LogP contribution in [0, 0.1) is 0 Å². The normalized spacial score (nSPS) is 21.2. The number of benzene rings is 1. The molecule has 1 atom stereocenters. The highest BCUT2D eigenvalue weighted by Crippen LogP contribution is 2.32. The fourth-order valence-electron chi connectivity index (χ4n) is 3.17. The molecule has 1 aromatic rings. The predicted molar refractivity (Wildman–Crippen MR) is 95.2 cm³/mol. The van der Waals surface area contributed by atoms with Gasteiger partial charge in [-0.1, -0.05) is 11.6 Å². The van der Waals surface area contributed by atoms with Gasteiger partial charge in [0, 0.05) is 17.1 Å². The summed E-state index contributed by atoms with van der Waals surface area (Å²) in [7, 11) is -1.68. The summed E-state index contributed by atoms with van der Waals surface area (Å²) in [5.74, 6) is -0.719. The van der Waals surface area contributed by atoms with E-state index in [0.717, 1.165) is 12.8 Å². The molecule has 1 aromatic carbocycles. The van der Waals surface area contributed by atoms with Gasteiger partial charge in [-0.05, 0) is 37.5 Å². The summed E-state index contributed by atoms with van der Waals surface area (Å²) in [4.78, 5) is 26.5. The van der Waals surface area contributed by atoms with E-state index in [9.17, 15) is 18.0 Å². The Hall–Kier alpha value is -1.80. The van der Waals surface area contributed by atoms with Crippen molar-refractivity contribution in [3.8, 4) is 5.75 Å². The third kappa shape index (κ3) is 4.29. The zero-order chi connectivity index (χ0) is 18.9. The van der Waals surface area contributed by atoms with Crippen LogP contribution in [0.25, 0.3) is 0 Å². The van der Waals surface area contributed by atoms with Crippen molar-refractivity contribution in [1.29, 1.82) is 0 Å². The summed E-state index contributed by atoms with van der Waals surface area (Å²) in [5, 5.41) is 0.347. The maximum Gasteiger partial charge on any atom is 0.342 e. The van der Waals surface area contributed by atoms with Gasteiger partial charge in [-0.2, -0.15) is 0 Å². The van der Waals surface area contributed by atoms with Crippen molar-refractivity contribution in [2.24, 2.45) is 0 Å². The van der Waals surface area contributed by atoms with Gasteiger partial charge in [-0.25, -0.2) is 13.2 Å². The van der Waals surface area contributed by atoms with E-state index >= 15 is 0 Å². The van der Waals surface area contributed by atoms with Crippen molar-refractivity contribution in [3.63, 3.8) is 0 Å². The lowest BCUT2D eigenvalue weighted by molar-refractivity contribution is -0.137. The van der Waals surface area contributed by atoms with E-state index in [-0.39, 0.29) is 35.1 Å². The van der Waals surface area contributed by atoms with Gasteiger partial charge >= 0.3 is 5.97 Å². The largest absolute Gasteiger partial charge is 0.496 e. The third-order valence-corrected chi connectivity index (χ3v) is 6.52. The van der Waals surface area contributed by atoms with Gasteiger partial charge in [-0.3, -0.25) is 4.79 Å². The van der Waals surface area contributed by atoms with Gasteiger partial charge in [-0.15, -0.1) is 0 Å². The maximum atomic E-state index is 12.6. The Balaban J connectivity index is 1.65. The minimum absolute atomic E-state index is 0.0225. The van der Waals surface area contributed by atoms with Gasteiger partial charge in [0.2, 0.25) is 0 Å². The number of hydrogen-bond acceptors (Lipinski definition) is 6. The number of nitrogens with zero attached hydrogens (tertiary/aromatic N) is 1. The SMILES string of the molecule is COc1ccc(Cl)cc1C(=O)OCC(=O)N(C1CC1)[C@@H]1CCS(=O)(=O)C1. The number of methoxy groups -OCH3 is 1.